The van der Waals surface area contributed by atoms with Crippen molar-refractivity contribution in [2.24, 2.45) is 0 Å². The van der Waals surface area contributed by atoms with Gasteiger partial charge in [-0.3, -0.25) is 4.57 Å². The van der Waals surface area contributed by atoms with Gasteiger partial charge in [0.25, 0.3) is 0 Å². The third kappa shape index (κ3) is 3.91. The zero-order valence-electron chi connectivity index (χ0n) is 23.5. The number of rotatable bonds is 3. The number of para-hydroxylation sites is 2. The molecule has 3 aromatic heterocycles. The van der Waals surface area contributed by atoms with Crippen LogP contribution in [-0.2, 0) is 5.41 Å². The molecule has 0 radical (unpaired) electrons. The van der Waals surface area contributed by atoms with Crippen molar-refractivity contribution in [3.63, 3.8) is 0 Å². The molecule has 7 aromatic rings. The van der Waals surface area contributed by atoms with Crippen LogP contribution in [0.4, 0.5) is 0 Å². The second-order valence-corrected chi connectivity index (χ2v) is 11.7. The van der Waals surface area contributed by atoms with E-state index in [2.05, 4.69) is 124 Å². The second-order valence-electron chi connectivity index (χ2n) is 11.7. The van der Waals surface area contributed by atoms with E-state index in [1.807, 2.05) is 12.1 Å². The number of hydrogen-bond acceptors (Lipinski definition) is 3. The molecule has 0 aliphatic heterocycles. The van der Waals surface area contributed by atoms with Gasteiger partial charge in [0.1, 0.15) is 11.4 Å². The second kappa shape index (κ2) is 8.92. The molecule has 7 rings (SSSR count). The lowest BCUT2D eigenvalue weighted by Gasteiger charge is -2.17. The Balaban J connectivity index is 1.44. The van der Waals surface area contributed by atoms with Crippen molar-refractivity contribution in [1.29, 1.82) is 0 Å². The van der Waals surface area contributed by atoms with Crippen molar-refractivity contribution in [2.75, 3.05) is 0 Å². The van der Waals surface area contributed by atoms with E-state index in [0.717, 1.165) is 50.2 Å². The van der Waals surface area contributed by atoms with E-state index in [0.29, 0.717) is 5.71 Å². The molecule has 4 aromatic carbocycles. The molecule has 0 fully saturated rings. The first kappa shape index (κ1) is 24.3. The summed E-state index contributed by atoms with van der Waals surface area (Å²) < 4.78 is 8.52. The predicted octanol–water partition coefficient (Wildman–Crippen LogP) is 9.57. The number of fused-ring (bicyclic) bond motifs is 4. The summed E-state index contributed by atoms with van der Waals surface area (Å²) in [5.41, 5.74) is 11.6. The highest BCUT2D eigenvalue weighted by atomic mass is 16.3. The Labute approximate surface area is 233 Å². The number of benzene rings is 4. The summed E-state index contributed by atoms with van der Waals surface area (Å²) >= 11 is 0. The largest absolute Gasteiger partial charge is 0.438 e. The Kier molecular flexibility index (Phi) is 5.43. The van der Waals surface area contributed by atoms with Crippen molar-refractivity contribution in [2.45, 2.75) is 40.0 Å². The summed E-state index contributed by atoms with van der Waals surface area (Å²) in [5, 5.41) is 2.07. The van der Waals surface area contributed by atoms with Crippen LogP contribution >= 0.6 is 0 Å². The van der Waals surface area contributed by atoms with Crippen LogP contribution in [0.15, 0.2) is 101 Å². The van der Waals surface area contributed by atoms with Crippen molar-refractivity contribution in [1.82, 2.24) is 14.5 Å². The van der Waals surface area contributed by atoms with Crippen molar-refractivity contribution >= 4 is 33.1 Å². The average molecular weight is 522 g/mol. The maximum atomic E-state index is 6.21. The number of nitrogens with zero attached hydrogens (tertiary/aromatic N) is 3. The summed E-state index contributed by atoms with van der Waals surface area (Å²) in [6.45, 7) is 10.9. The van der Waals surface area contributed by atoms with E-state index in [1.165, 1.54) is 22.3 Å². The van der Waals surface area contributed by atoms with Gasteiger partial charge in [0, 0.05) is 27.4 Å². The average Bonchev–Trinajstić information content (AvgIpc) is 3.50. The molecular formula is C36H31N3O. The van der Waals surface area contributed by atoms with Crippen LogP contribution in [0.2, 0.25) is 0 Å². The van der Waals surface area contributed by atoms with Crippen LogP contribution in [0, 0.1) is 13.8 Å². The number of hydrogen-bond donors (Lipinski definition) is 0. The van der Waals surface area contributed by atoms with E-state index < -0.39 is 0 Å². The molecule has 4 nitrogen and oxygen atoms in total. The summed E-state index contributed by atoms with van der Waals surface area (Å²) in [7, 11) is 0. The highest BCUT2D eigenvalue weighted by Crippen LogP contribution is 2.37. The van der Waals surface area contributed by atoms with Gasteiger partial charge >= 0.3 is 0 Å². The van der Waals surface area contributed by atoms with Gasteiger partial charge < -0.3 is 4.42 Å². The highest BCUT2D eigenvalue weighted by molar-refractivity contribution is 6.05. The first-order valence-electron chi connectivity index (χ1n) is 13.8. The molecule has 0 unspecified atom stereocenters. The molecular weight excluding hydrogens is 490 g/mol. The Morgan fingerprint density at radius 1 is 0.650 bits per heavy atom. The van der Waals surface area contributed by atoms with E-state index in [1.54, 1.807) is 0 Å². The quantitative estimate of drug-likeness (QED) is 0.232. The molecule has 196 valence electrons. The summed E-state index contributed by atoms with van der Waals surface area (Å²) in [6.07, 6.45) is 0. The maximum absolute atomic E-state index is 6.21. The third-order valence-corrected chi connectivity index (χ3v) is 7.75. The van der Waals surface area contributed by atoms with Crippen molar-refractivity contribution < 1.29 is 4.42 Å². The molecule has 4 heteroatoms. The smallest absolute Gasteiger partial charge is 0.227 e. The van der Waals surface area contributed by atoms with Gasteiger partial charge in [-0.05, 0) is 90.7 Å². The zero-order valence-corrected chi connectivity index (χ0v) is 23.5. The van der Waals surface area contributed by atoms with E-state index >= 15 is 0 Å². The van der Waals surface area contributed by atoms with Crippen LogP contribution in [0.3, 0.4) is 0 Å². The molecule has 0 bridgehead atoms. The van der Waals surface area contributed by atoms with Gasteiger partial charge in [0.05, 0.1) is 16.7 Å². The molecule has 0 amide bonds. The fourth-order valence-corrected chi connectivity index (χ4v) is 5.77. The number of aryl methyl sites for hydroxylation is 2. The molecule has 0 saturated heterocycles. The van der Waals surface area contributed by atoms with Gasteiger partial charge in [0.2, 0.25) is 5.71 Å². The van der Waals surface area contributed by atoms with Crippen LogP contribution in [0.25, 0.3) is 61.3 Å². The SMILES string of the molecule is Cc1cc(-c2ccccc2)cc(C)c1-n1c(-c2ccc3oc4nc(C(C)(C)C)ccc4c3c2)nc2ccccc21. The van der Waals surface area contributed by atoms with Crippen LogP contribution in [0.5, 0.6) is 0 Å². The lowest BCUT2D eigenvalue weighted by Crippen LogP contribution is -2.12. The van der Waals surface area contributed by atoms with Crippen LogP contribution < -0.4 is 0 Å². The molecule has 0 aliphatic carbocycles. The third-order valence-electron chi connectivity index (χ3n) is 7.75. The van der Waals surface area contributed by atoms with E-state index in [-0.39, 0.29) is 5.41 Å². The van der Waals surface area contributed by atoms with Gasteiger partial charge in [-0.1, -0.05) is 63.2 Å². The molecule has 40 heavy (non-hydrogen) atoms. The highest BCUT2D eigenvalue weighted by Gasteiger charge is 2.21. The fourth-order valence-electron chi connectivity index (χ4n) is 5.77. The first-order valence-corrected chi connectivity index (χ1v) is 13.8. The first-order chi connectivity index (χ1) is 19.3. The minimum atomic E-state index is -0.0467. The number of furan rings is 1. The fraction of sp³-hybridized carbons (Fsp3) is 0.167. The monoisotopic (exact) mass is 521 g/mol. The lowest BCUT2D eigenvalue weighted by atomic mass is 9.91. The number of pyridine rings is 1. The topological polar surface area (TPSA) is 43.9 Å². The zero-order chi connectivity index (χ0) is 27.6. The number of imidazole rings is 1. The minimum absolute atomic E-state index is 0.0467. The van der Waals surface area contributed by atoms with E-state index in [4.69, 9.17) is 14.4 Å². The van der Waals surface area contributed by atoms with Crippen LogP contribution in [0.1, 0.15) is 37.6 Å². The summed E-state index contributed by atoms with van der Waals surface area (Å²) in [5.74, 6) is 0.912. The molecule has 3 heterocycles. The minimum Gasteiger partial charge on any atom is -0.438 e. The maximum Gasteiger partial charge on any atom is 0.227 e. The standard InChI is InChI=1S/C36H31N3O/c1-22-19-26(24-11-7-6-8-12-24)20-23(2)33(22)39-30-14-10-9-13-29(30)37-34(39)25-15-17-31-28(21-25)27-16-18-32(36(3,4)5)38-35(27)40-31/h6-21H,1-5H3. The van der Waals surface area contributed by atoms with Crippen molar-refractivity contribution in [3.05, 3.63) is 114 Å². The Morgan fingerprint density at radius 3 is 2.12 bits per heavy atom. The van der Waals surface area contributed by atoms with E-state index in [9.17, 15) is 0 Å². The molecule has 0 saturated carbocycles. The summed E-state index contributed by atoms with van der Waals surface area (Å²) in [4.78, 5) is 10.0. The molecule has 0 spiro atoms. The lowest BCUT2D eigenvalue weighted by molar-refractivity contribution is 0.562. The van der Waals surface area contributed by atoms with Gasteiger partial charge in [-0.25, -0.2) is 9.97 Å². The normalized spacial score (nSPS) is 12.1. The molecule has 0 aliphatic rings. The molecule has 0 atom stereocenters. The van der Waals surface area contributed by atoms with Crippen molar-refractivity contribution in [3.8, 4) is 28.2 Å². The Morgan fingerprint density at radius 2 is 1.38 bits per heavy atom. The molecule has 0 N–H and O–H groups in total. The Bertz CT molecular complexity index is 2030. The Hall–Kier alpha value is -4.70. The number of aromatic nitrogens is 3. The van der Waals surface area contributed by atoms with Gasteiger partial charge in [0.15, 0.2) is 0 Å². The van der Waals surface area contributed by atoms with Gasteiger partial charge in [-0.15, -0.1) is 0 Å². The van der Waals surface area contributed by atoms with Crippen LogP contribution in [-0.4, -0.2) is 14.5 Å². The summed E-state index contributed by atoms with van der Waals surface area (Å²) in [6, 6.07) is 34.1. The predicted molar refractivity (Wildman–Crippen MR) is 165 cm³/mol. The van der Waals surface area contributed by atoms with Gasteiger partial charge in [-0.2, -0.15) is 0 Å².